The van der Waals surface area contributed by atoms with Gasteiger partial charge in [0.1, 0.15) is 12.1 Å². The van der Waals surface area contributed by atoms with Gasteiger partial charge in [0.05, 0.1) is 11.0 Å². The number of rotatable bonds is 2. The predicted molar refractivity (Wildman–Crippen MR) is 77.6 cm³/mol. The van der Waals surface area contributed by atoms with Gasteiger partial charge < -0.3 is 9.47 Å². The zero-order chi connectivity index (χ0) is 13.5. The second kappa shape index (κ2) is 4.34. The molecule has 4 rings (SSSR count). The Labute approximate surface area is 117 Å². The van der Waals surface area contributed by atoms with Gasteiger partial charge in [-0.25, -0.2) is 4.98 Å². The lowest BCUT2D eigenvalue weighted by Gasteiger charge is -2.25. The maximum Gasteiger partial charge on any atom is 0.150 e. The molecule has 2 aromatic rings. The van der Waals surface area contributed by atoms with Crippen LogP contribution in [0.4, 0.5) is 0 Å². The van der Waals surface area contributed by atoms with Gasteiger partial charge in [-0.05, 0) is 30.4 Å². The minimum Gasteiger partial charge on any atom is -0.369 e. The Bertz CT molecular complexity index is 754. The molecule has 0 radical (unpaired) electrons. The van der Waals surface area contributed by atoms with Crippen LogP contribution in [0.3, 0.4) is 0 Å². The first kappa shape index (κ1) is 11.5. The van der Waals surface area contributed by atoms with E-state index in [2.05, 4.69) is 27.7 Å². The van der Waals surface area contributed by atoms with E-state index in [1.54, 1.807) is 0 Å². The number of carbonyl (C=O) groups is 1. The SMILES string of the molecule is O=Cc1ccc2c(c1)nc1n2CCN(C2=CC=C2)CC1. The summed E-state index contributed by atoms with van der Waals surface area (Å²) < 4.78 is 2.28. The van der Waals surface area contributed by atoms with E-state index in [1.165, 1.54) is 5.70 Å². The van der Waals surface area contributed by atoms with E-state index in [0.717, 1.165) is 49.2 Å². The molecular formula is C16H15N3O. The summed E-state index contributed by atoms with van der Waals surface area (Å²) in [5, 5.41) is 0. The molecule has 1 aliphatic heterocycles. The standard InChI is InChI=1S/C16H15N3O/c20-11-12-4-5-15-14(10-12)17-16-6-7-18(8-9-19(15)16)13-2-1-3-13/h1-5,10-11H,6-9H2. The number of hydrogen-bond acceptors (Lipinski definition) is 3. The van der Waals surface area contributed by atoms with Crippen molar-refractivity contribution in [2.24, 2.45) is 0 Å². The smallest absolute Gasteiger partial charge is 0.150 e. The Morgan fingerprint density at radius 3 is 2.85 bits per heavy atom. The number of aromatic nitrogens is 2. The number of imidazole rings is 1. The molecule has 0 unspecified atom stereocenters. The molecule has 2 aliphatic rings. The molecule has 1 aliphatic carbocycles. The molecule has 0 bridgehead atoms. The summed E-state index contributed by atoms with van der Waals surface area (Å²) in [5.74, 6) is 1.12. The van der Waals surface area contributed by atoms with Crippen LogP contribution in [0.1, 0.15) is 16.2 Å². The van der Waals surface area contributed by atoms with Crippen LogP contribution >= 0.6 is 0 Å². The van der Waals surface area contributed by atoms with Gasteiger partial charge in [-0.1, -0.05) is 6.08 Å². The monoisotopic (exact) mass is 265 g/mol. The Morgan fingerprint density at radius 1 is 1.20 bits per heavy atom. The third-order valence-electron chi connectivity index (χ3n) is 4.09. The quantitative estimate of drug-likeness (QED) is 0.781. The van der Waals surface area contributed by atoms with Crippen molar-refractivity contribution in [3.8, 4) is 0 Å². The maximum atomic E-state index is 10.9. The summed E-state index contributed by atoms with van der Waals surface area (Å²) in [6.45, 7) is 2.95. The minimum absolute atomic E-state index is 0.692. The van der Waals surface area contributed by atoms with Crippen molar-refractivity contribution in [1.29, 1.82) is 0 Å². The molecule has 4 heteroatoms. The molecular weight excluding hydrogens is 250 g/mol. The minimum atomic E-state index is 0.692. The van der Waals surface area contributed by atoms with Crippen LogP contribution in [-0.4, -0.2) is 33.8 Å². The summed E-state index contributed by atoms with van der Waals surface area (Å²) in [4.78, 5) is 18.0. The second-order valence-electron chi connectivity index (χ2n) is 5.23. The summed E-state index contributed by atoms with van der Waals surface area (Å²) in [7, 11) is 0. The third-order valence-corrected chi connectivity index (χ3v) is 4.09. The van der Waals surface area contributed by atoms with Crippen LogP contribution in [0.5, 0.6) is 0 Å². The molecule has 0 N–H and O–H groups in total. The van der Waals surface area contributed by atoms with Crippen LogP contribution in [0, 0.1) is 0 Å². The van der Waals surface area contributed by atoms with Crippen LogP contribution in [0.2, 0.25) is 0 Å². The van der Waals surface area contributed by atoms with Crippen molar-refractivity contribution in [3.63, 3.8) is 0 Å². The average molecular weight is 265 g/mol. The van der Waals surface area contributed by atoms with Crippen molar-refractivity contribution >= 4 is 17.3 Å². The highest BCUT2D eigenvalue weighted by Crippen LogP contribution is 2.22. The lowest BCUT2D eigenvalue weighted by atomic mass is 10.2. The van der Waals surface area contributed by atoms with Crippen molar-refractivity contribution in [1.82, 2.24) is 14.5 Å². The maximum absolute atomic E-state index is 10.9. The van der Waals surface area contributed by atoms with Crippen LogP contribution < -0.4 is 0 Å². The first-order chi connectivity index (χ1) is 9.85. The lowest BCUT2D eigenvalue weighted by Crippen LogP contribution is -2.26. The average Bonchev–Trinajstić information content (AvgIpc) is 2.64. The first-order valence-corrected chi connectivity index (χ1v) is 6.93. The summed E-state index contributed by atoms with van der Waals surface area (Å²) in [6, 6.07) is 5.75. The molecule has 0 saturated heterocycles. The molecule has 100 valence electrons. The second-order valence-corrected chi connectivity index (χ2v) is 5.23. The van der Waals surface area contributed by atoms with Crippen molar-refractivity contribution in [2.75, 3.05) is 13.1 Å². The van der Waals surface area contributed by atoms with Crippen LogP contribution in [-0.2, 0) is 13.0 Å². The van der Waals surface area contributed by atoms with Gasteiger partial charge in [0.15, 0.2) is 0 Å². The topological polar surface area (TPSA) is 38.1 Å². The molecule has 0 amide bonds. The number of hydrogen-bond donors (Lipinski definition) is 0. The van der Waals surface area contributed by atoms with Gasteiger partial charge in [-0.2, -0.15) is 0 Å². The third kappa shape index (κ3) is 1.68. The number of fused-ring (bicyclic) bond motifs is 3. The van der Waals surface area contributed by atoms with Crippen molar-refractivity contribution in [2.45, 2.75) is 13.0 Å². The summed E-state index contributed by atoms with van der Waals surface area (Å²) in [6.07, 6.45) is 8.21. The number of allylic oxidation sites excluding steroid dienone is 3. The largest absolute Gasteiger partial charge is 0.369 e. The number of carbonyl (C=O) groups excluding carboxylic acids is 1. The fourth-order valence-corrected chi connectivity index (χ4v) is 2.93. The fraction of sp³-hybridized carbons (Fsp3) is 0.250. The molecule has 1 aromatic heterocycles. The fourth-order valence-electron chi connectivity index (χ4n) is 2.93. The molecule has 0 fully saturated rings. The van der Waals surface area contributed by atoms with Crippen LogP contribution in [0.25, 0.3) is 11.0 Å². The molecule has 2 heterocycles. The molecule has 20 heavy (non-hydrogen) atoms. The number of aldehydes is 1. The number of benzene rings is 1. The molecule has 0 spiro atoms. The van der Waals surface area contributed by atoms with Gasteiger partial charge in [0, 0.05) is 37.3 Å². The number of nitrogens with zero attached hydrogens (tertiary/aromatic N) is 3. The Balaban J connectivity index is 1.69. The first-order valence-electron chi connectivity index (χ1n) is 6.93. The highest BCUT2D eigenvalue weighted by atomic mass is 16.1. The predicted octanol–water partition coefficient (Wildman–Crippen LogP) is 2.16. The van der Waals surface area contributed by atoms with E-state index in [0.29, 0.717) is 5.56 Å². The molecule has 0 saturated carbocycles. The van der Waals surface area contributed by atoms with E-state index in [9.17, 15) is 4.79 Å². The molecule has 1 aromatic carbocycles. The van der Waals surface area contributed by atoms with Crippen molar-refractivity contribution < 1.29 is 4.79 Å². The zero-order valence-electron chi connectivity index (χ0n) is 11.1. The van der Waals surface area contributed by atoms with Crippen LogP contribution in [0.15, 0.2) is 42.1 Å². The van der Waals surface area contributed by atoms with E-state index in [-0.39, 0.29) is 0 Å². The van der Waals surface area contributed by atoms with Gasteiger partial charge in [-0.15, -0.1) is 0 Å². The highest BCUT2D eigenvalue weighted by Gasteiger charge is 2.19. The molecule has 4 nitrogen and oxygen atoms in total. The van der Waals surface area contributed by atoms with Crippen molar-refractivity contribution in [3.05, 3.63) is 53.5 Å². The van der Waals surface area contributed by atoms with E-state index >= 15 is 0 Å². The Morgan fingerprint density at radius 2 is 2.10 bits per heavy atom. The van der Waals surface area contributed by atoms with Gasteiger partial charge in [0.2, 0.25) is 0 Å². The van der Waals surface area contributed by atoms with Gasteiger partial charge in [0.25, 0.3) is 0 Å². The Hall–Kier alpha value is -2.36. The Kier molecular flexibility index (Phi) is 2.49. The highest BCUT2D eigenvalue weighted by molar-refractivity contribution is 5.85. The van der Waals surface area contributed by atoms with Gasteiger partial charge in [-0.3, -0.25) is 4.79 Å². The van der Waals surface area contributed by atoms with E-state index in [4.69, 9.17) is 4.98 Å². The summed E-state index contributed by atoms with van der Waals surface area (Å²) in [5.41, 5.74) is 4.08. The van der Waals surface area contributed by atoms with E-state index in [1.807, 2.05) is 18.2 Å². The normalized spacial score (nSPS) is 17.4. The van der Waals surface area contributed by atoms with E-state index < -0.39 is 0 Å². The zero-order valence-corrected chi connectivity index (χ0v) is 11.1. The molecule has 0 atom stereocenters. The lowest BCUT2D eigenvalue weighted by molar-refractivity contribution is 0.112. The van der Waals surface area contributed by atoms with Gasteiger partial charge >= 0.3 is 0 Å². The summed E-state index contributed by atoms with van der Waals surface area (Å²) >= 11 is 0.